The number of esters is 10. The van der Waals surface area contributed by atoms with E-state index >= 15 is 0 Å². The molecule has 6 heterocycles. The average molecular weight is 975 g/mol. The van der Waals surface area contributed by atoms with Crippen molar-refractivity contribution in [3.05, 3.63) is 37.3 Å². The third-order valence-corrected chi connectivity index (χ3v) is 13.2. The van der Waals surface area contributed by atoms with Gasteiger partial charge in [0.2, 0.25) is 11.0 Å². The van der Waals surface area contributed by atoms with Crippen LogP contribution < -0.4 is 0 Å². The summed E-state index contributed by atoms with van der Waals surface area (Å²) in [5.41, 5.74) is -2.49. The number of cyclic esters (lactones) is 10. The fourth-order valence-electron chi connectivity index (χ4n) is 3.60. The Morgan fingerprint density at radius 3 is 1.40 bits per heavy atom. The van der Waals surface area contributed by atoms with Crippen LogP contribution in [0, 0.1) is 0 Å². The van der Waals surface area contributed by atoms with Crippen molar-refractivity contribution in [2.24, 2.45) is 0 Å². The number of hydrogen-bond donors (Lipinski definition) is 0. The molecule has 6 saturated heterocycles. The van der Waals surface area contributed by atoms with E-state index in [1.807, 2.05) is 13.8 Å². The molecular weight excluding hydrogens is 940 g/mol. The lowest BCUT2D eigenvalue weighted by Crippen LogP contribution is -2.40. The van der Waals surface area contributed by atoms with Gasteiger partial charge in [0.15, 0.2) is 5.25 Å². The largest absolute Gasteiger partial charge is 0.427 e. The smallest absolute Gasteiger partial charge is 0.411 e. The monoisotopic (exact) mass is 974 g/mol. The lowest BCUT2D eigenvalue weighted by atomic mass is 10.3. The zero-order valence-electron chi connectivity index (χ0n) is 31.2. The van der Waals surface area contributed by atoms with Gasteiger partial charge in [-0.2, -0.15) is 13.2 Å². The Morgan fingerprint density at radius 1 is 0.550 bits per heavy atom. The summed E-state index contributed by atoms with van der Waals surface area (Å²) in [7, 11) is 0. The lowest BCUT2D eigenvalue weighted by molar-refractivity contribution is -0.175. The van der Waals surface area contributed by atoms with E-state index in [0.717, 1.165) is 29.9 Å². The van der Waals surface area contributed by atoms with Crippen LogP contribution in [0.3, 0.4) is 0 Å². The molecule has 0 aliphatic carbocycles. The van der Waals surface area contributed by atoms with Crippen molar-refractivity contribution >= 4 is 130 Å². The number of thioether (sulfide) groups is 6. The minimum atomic E-state index is -4.64. The first-order valence-electron chi connectivity index (χ1n) is 16.5. The van der Waals surface area contributed by atoms with E-state index < -0.39 is 75.9 Å². The zero-order valence-corrected chi connectivity index (χ0v) is 36.1. The normalized spacial score (nSPS) is 26.5. The molecule has 0 bridgehead atoms. The first-order valence-corrected chi connectivity index (χ1v) is 22.8. The maximum absolute atomic E-state index is 12.8. The van der Waals surface area contributed by atoms with E-state index in [1.165, 1.54) is 41.4 Å². The van der Waals surface area contributed by atoms with Gasteiger partial charge in [-0.1, -0.05) is 33.1 Å². The molecule has 0 amide bonds. The van der Waals surface area contributed by atoms with E-state index in [2.05, 4.69) is 48.2 Å². The molecule has 334 valence electrons. The van der Waals surface area contributed by atoms with Crippen molar-refractivity contribution in [1.29, 1.82) is 0 Å². The number of carbonyl (C=O) groups excluding carboxylic acids is 10. The number of rotatable bonds is 3. The van der Waals surface area contributed by atoms with Crippen LogP contribution in [0.1, 0.15) is 26.7 Å². The van der Waals surface area contributed by atoms with Crippen molar-refractivity contribution < 1.29 is 98.3 Å². The van der Waals surface area contributed by atoms with E-state index in [0.29, 0.717) is 23.7 Å². The van der Waals surface area contributed by atoms with Gasteiger partial charge in [-0.25, -0.2) is 13.6 Å². The van der Waals surface area contributed by atoms with Gasteiger partial charge in [0.05, 0.1) is 34.5 Å². The lowest BCUT2D eigenvalue weighted by Gasteiger charge is -2.23. The number of halogens is 5. The van der Waals surface area contributed by atoms with Crippen molar-refractivity contribution in [2.75, 3.05) is 34.5 Å². The number of hydrogen-bond acceptors (Lipinski definition) is 22. The van der Waals surface area contributed by atoms with Crippen LogP contribution in [0.2, 0.25) is 0 Å². The maximum Gasteiger partial charge on any atom is 0.411 e. The highest BCUT2D eigenvalue weighted by molar-refractivity contribution is 8.02. The molecule has 6 atom stereocenters. The molecule has 0 aromatic rings. The first-order chi connectivity index (χ1) is 28.0. The predicted octanol–water partition coefficient (Wildman–Crippen LogP) is 4.43. The second-order valence-electron chi connectivity index (χ2n) is 10.9. The van der Waals surface area contributed by atoms with Gasteiger partial charge in [0.25, 0.3) is 0 Å². The minimum Gasteiger partial charge on any atom is -0.427 e. The molecule has 6 aliphatic heterocycles. The third-order valence-electron chi connectivity index (χ3n) is 6.30. The average Bonchev–Trinajstić information content (AvgIpc) is 3.15. The number of ether oxygens (including phenoxy) is 6. The Balaban J connectivity index is 0.000000361. The summed E-state index contributed by atoms with van der Waals surface area (Å²) in [4.78, 5) is 105. The Labute approximate surface area is 363 Å². The zero-order chi connectivity index (χ0) is 45.7. The van der Waals surface area contributed by atoms with E-state index in [-0.39, 0.29) is 62.5 Å². The first kappa shape index (κ1) is 54.5. The highest BCUT2D eigenvalue weighted by Crippen LogP contribution is 2.34. The Morgan fingerprint density at radius 2 is 0.983 bits per heavy atom. The van der Waals surface area contributed by atoms with E-state index in [9.17, 15) is 69.9 Å². The van der Waals surface area contributed by atoms with Crippen molar-refractivity contribution in [1.82, 2.24) is 0 Å². The molecule has 16 nitrogen and oxygen atoms in total. The standard InChI is InChI=1S/C7H9FO2S.C6H8O3S.C6H6O3S.C5H3F3O3S.C5H5FO2S.C4H4O3S/c1-3-5-7(9)10-4(2)6(8)11-5;2*1-2-4-6(8)9-5(7)3-10-4;6-5(7,8)3-4(10)11-2(9)1-12-3;1-3-5(6)9-2-4(7)8-3;5-3-1-8-2-4(6)7-3/h5-6H,2-3H2,1H3;4H,2-3H2,1H3;2,4H,1,3H2;3H,1H2;5H,1-2H2;1-2H2. The van der Waals surface area contributed by atoms with E-state index in [1.54, 1.807) is 0 Å². The molecule has 0 aromatic carbocycles. The van der Waals surface area contributed by atoms with Crippen LogP contribution in [-0.4, -0.2) is 132 Å². The van der Waals surface area contributed by atoms with Gasteiger partial charge in [0, 0.05) is 0 Å². The highest BCUT2D eigenvalue weighted by atomic mass is 32.2. The van der Waals surface area contributed by atoms with E-state index in [4.69, 9.17) is 0 Å². The molecule has 0 spiro atoms. The molecule has 60 heavy (non-hydrogen) atoms. The molecule has 6 unspecified atom stereocenters. The predicted molar refractivity (Wildman–Crippen MR) is 211 cm³/mol. The fourth-order valence-corrected chi connectivity index (χ4v) is 7.82. The molecule has 27 heteroatoms. The minimum absolute atomic E-state index is 0.0790. The van der Waals surface area contributed by atoms with Crippen LogP contribution in [0.4, 0.5) is 22.0 Å². The summed E-state index contributed by atoms with van der Waals surface area (Å²) < 4.78 is 86.4. The van der Waals surface area contributed by atoms with Crippen molar-refractivity contribution in [3.8, 4) is 0 Å². The summed E-state index contributed by atoms with van der Waals surface area (Å²) in [5.74, 6) is -5.21. The molecule has 6 fully saturated rings. The molecule has 0 N–H and O–H groups in total. The van der Waals surface area contributed by atoms with Gasteiger partial charge < -0.3 is 28.4 Å². The second-order valence-corrected chi connectivity index (χ2v) is 17.6. The molecule has 0 aromatic heterocycles. The SMILES string of the molecule is C=C1OC(=O)C(CC)SC1F.C=C1OC(=O)CSC1F.C=CC1SCC(=O)OC1=O.CCC1SCC(=O)OC1=O.O=C1CSC(C(F)(F)F)C(=O)O1.O=C1CSCC(=O)O1. The van der Waals surface area contributed by atoms with Gasteiger partial charge >= 0.3 is 65.9 Å². The third kappa shape index (κ3) is 20.8. The molecular formula is C33H35F5O16S6. The maximum atomic E-state index is 12.8. The Bertz CT molecular complexity index is 1660. The van der Waals surface area contributed by atoms with Crippen LogP contribution >= 0.6 is 70.6 Å². The highest BCUT2D eigenvalue weighted by Gasteiger charge is 2.49. The molecule has 6 rings (SSSR count). The summed E-state index contributed by atoms with van der Waals surface area (Å²) in [6, 6.07) is 0. The Kier molecular flexibility index (Phi) is 24.9. The second kappa shape index (κ2) is 27.4. The quantitative estimate of drug-likeness (QED) is 0.125. The van der Waals surface area contributed by atoms with Gasteiger partial charge in [-0.15, -0.1) is 77.2 Å². The molecule has 0 saturated carbocycles. The van der Waals surface area contributed by atoms with Crippen molar-refractivity contribution in [2.45, 2.75) is 64.9 Å². The van der Waals surface area contributed by atoms with Crippen LogP contribution in [0.25, 0.3) is 0 Å². The summed E-state index contributed by atoms with van der Waals surface area (Å²) in [5, 5.41) is -3.07. The van der Waals surface area contributed by atoms with Gasteiger partial charge in [-0.05, 0) is 12.8 Å². The van der Waals surface area contributed by atoms with Gasteiger partial charge in [-0.3, -0.25) is 43.2 Å². The van der Waals surface area contributed by atoms with Crippen LogP contribution in [0.15, 0.2) is 37.3 Å². The fraction of sp³-hybridized carbons (Fsp3) is 0.515. The Hall–Kier alpha value is -3.53. The topological polar surface area (TPSA) is 226 Å². The van der Waals surface area contributed by atoms with Crippen molar-refractivity contribution in [3.63, 3.8) is 0 Å². The summed E-state index contributed by atoms with van der Waals surface area (Å²) >= 11 is 5.97. The molecule has 0 radical (unpaired) electrons. The summed E-state index contributed by atoms with van der Waals surface area (Å²) in [6.07, 6.45) is -1.84. The number of carbonyl (C=O) groups is 10. The van der Waals surface area contributed by atoms with Crippen LogP contribution in [0.5, 0.6) is 0 Å². The van der Waals surface area contributed by atoms with Gasteiger partial charge in [0.1, 0.15) is 27.3 Å². The summed E-state index contributed by atoms with van der Waals surface area (Å²) in [6.45, 7) is 13.6. The number of alkyl halides is 5. The molecule has 6 aliphatic rings. The van der Waals surface area contributed by atoms with Crippen LogP contribution in [-0.2, 0) is 76.4 Å².